The Morgan fingerprint density at radius 3 is 2.61 bits per heavy atom. The molecule has 146 valence electrons. The van der Waals surface area contributed by atoms with E-state index in [1.807, 2.05) is 35.7 Å². The molecule has 0 fully saturated rings. The third-order valence-corrected chi connectivity index (χ3v) is 8.00. The van der Waals surface area contributed by atoms with Gasteiger partial charge in [0.2, 0.25) is 10.0 Å². The molecular formula is C20H17ClFNO3S2. The van der Waals surface area contributed by atoms with Gasteiger partial charge in [0.05, 0.1) is 23.1 Å². The number of rotatable bonds is 4. The van der Waals surface area contributed by atoms with E-state index in [0.29, 0.717) is 18.7 Å². The second kappa shape index (κ2) is 7.48. The van der Waals surface area contributed by atoms with Crippen LogP contribution in [0.25, 0.3) is 0 Å². The summed E-state index contributed by atoms with van der Waals surface area (Å²) >= 11 is 7.47. The fourth-order valence-corrected chi connectivity index (χ4v) is 6.23. The molecule has 1 aliphatic heterocycles. The molecule has 4 nitrogen and oxygen atoms in total. The Balaban J connectivity index is 1.82. The lowest BCUT2D eigenvalue weighted by Crippen LogP contribution is -2.40. The van der Waals surface area contributed by atoms with E-state index in [1.165, 1.54) is 21.3 Å². The van der Waals surface area contributed by atoms with Crippen molar-refractivity contribution in [2.75, 3.05) is 13.7 Å². The Morgan fingerprint density at radius 1 is 1.18 bits per heavy atom. The highest BCUT2D eigenvalue weighted by molar-refractivity contribution is 7.89. The molecule has 1 atom stereocenters. The first-order valence-corrected chi connectivity index (χ1v) is 11.3. The van der Waals surface area contributed by atoms with Crippen LogP contribution in [0.15, 0.2) is 58.8 Å². The van der Waals surface area contributed by atoms with Crippen LogP contribution >= 0.6 is 22.9 Å². The number of halogens is 2. The first kappa shape index (κ1) is 19.4. The van der Waals surface area contributed by atoms with Crippen LogP contribution in [0, 0.1) is 5.82 Å². The third kappa shape index (κ3) is 3.33. The van der Waals surface area contributed by atoms with E-state index in [0.717, 1.165) is 17.2 Å². The summed E-state index contributed by atoms with van der Waals surface area (Å²) in [6.07, 6.45) is 0.633. The summed E-state index contributed by atoms with van der Waals surface area (Å²) in [6, 6.07) is 12.4. The quantitative estimate of drug-likeness (QED) is 0.584. The topological polar surface area (TPSA) is 46.6 Å². The highest BCUT2D eigenvalue weighted by Crippen LogP contribution is 2.41. The highest BCUT2D eigenvalue weighted by atomic mass is 35.5. The van der Waals surface area contributed by atoms with Gasteiger partial charge in [-0.2, -0.15) is 4.31 Å². The number of benzene rings is 2. The van der Waals surface area contributed by atoms with Gasteiger partial charge >= 0.3 is 0 Å². The molecule has 0 aliphatic carbocycles. The second-order valence-electron chi connectivity index (χ2n) is 6.42. The molecule has 0 saturated heterocycles. The van der Waals surface area contributed by atoms with Gasteiger partial charge in [0.25, 0.3) is 0 Å². The van der Waals surface area contributed by atoms with Crippen LogP contribution in [-0.4, -0.2) is 26.4 Å². The maximum Gasteiger partial charge on any atom is 0.244 e. The van der Waals surface area contributed by atoms with Gasteiger partial charge in [-0.05, 0) is 59.3 Å². The monoisotopic (exact) mass is 437 g/mol. The SMILES string of the molecule is COc1ccc([C@H]2c3ccsc3CCN2S(=O)(=O)c2ccc(F)c(Cl)c2)cc1. The number of sulfonamides is 1. The van der Waals surface area contributed by atoms with E-state index in [4.69, 9.17) is 16.3 Å². The fraction of sp³-hybridized carbons (Fsp3) is 0.200. The van der Waals surface area contributed by atoms with E-state index >= 15 is 0 Å². The number of thiophene rings is 1. The molecule has 28 heavy (non-hydrogen) atoms. The first-order chi connectivity index (χ1) is 13.4. The summed E-state index contributed by atoms with van der Waals surface area (Å²) in [7, 11) is -2.29. The number of fused-ring (bicyclic) bond motifs is 1. The Morgan fingerprint density at radius 2 is 1.93 bits per heavy atom. The van der Waals surface area contributed by atoms with Crippen molar-refractivity contribution in [3.05, 3.63) is 80.8 Å². The van der Waals surface area contributed by atoms with Gasteiger partial charge < -0.3 is 4.74 Å². The molecule has 3 aromatic rings. The molecule has 1 aliphatic rings. The molecule has 0 amide bonds. The molecule has 4 rings (SSSR count). The maximum absolute atomic E-state index is 13.5. The summed E-state index contributed by atoms with van der Waals surface area (Å²) < 4.78 is 47.1. The Hall–Kier alpha value is -1.93. The summed E-state index contributed by atoms with van der Waals surface area (Å²) in [5.74, 6) is 0.0518. The average Bonchev–Trinajstić information content (AvgIpc) is 3.18. The minimum absolute atomic E-state index is 0.0175. The lowest BCUT2D eigenvalue weighted by Gasteiger charge is -2.35. The zero-order chi connectivity index (χ0) is 19.9. The van der Waals surface area contributed by atoms with E-state index in [9.17, 15) is 12.8 Å². The molecule has 1 aromatic heterocycles. The Bertz CT molecular complexity index is 1110. The second-order valence-corrected chi connectivity index (χ2v) is 9.71. The molecule has 0 bridgehead atoms. The van der Waals surface area contributed by atoms with Crippen LogP contribution < -0.4 is 4.74 Å². The van der Waals surface area contributed by atoms with Gasteiger partial charge in [-0.1, -0.05) is 23.7 Å². The number of hydrogen-bond acceptors (Lipinski definition) is 4. The van der Waals surface area contributed by atoms with Gasteiger partial charge in [-0.15, -0.1) is 11.3 Å². The predicted molar refractivity (Wildman–Crippen MR) is 108 cm³/mol. The molecule has 0 radical (unpaired) electrons. The van der Waals surface area contributed by atoms with Gasteiger partial charge in [0, 0.05) is 11.4 Å². The zero-order valence-electron chi connectivity index (χ0n) is 14.9. The summed E-state index contributed by atoms with van der Waals surface area (Å²) in [4.78, 5) is 1.15. The normalized spacial score (nSPS) is 17.3. The van der Waals surface area contributed by atoms with Crippen LogP contribution in [0.1, 0.15) is 22.0 Å². The lowest BCUT2D eigenvalue weighted by atomic mass is 9.95. The molecule has 0 saturated carbocycles. The molecule has 2 heterocycles. The predicted octanol–water partition coefficient (Wildman–Crippen LogP) is 4.89. The largest absolute Gasteiger partial charge is 0.497 e. The van der Waals surface area contributed by atoms with Crippen molar-refractivity contribution in [2.24, 2.45) is 0 Å². The Kier molecular flexibility index (Phi) is 5.18. The van der Waals surface area contributed by atoms with Crippen molar-refractivity contribution in [3.8, 4) is 5.75 Å². The Labute approximate surface area is 172 Å². The first-order valence-electron chi connectivity index (χ1n) is 8.59. The van der Waals surface area contributed by atoms with Gasteiger partial charge in [-0.3, -0.25) is 0 Å². The maximum atomic E-state index is 13.5. The molecule has 0 spiro atoms. The van der Waals surface area contributed by atoms with Gasteiger partial charge in [-0.25, -0.2) is 12.8 Å². The lowest BCUT2D eigenvalue weighted by molar-refractivity contribution is 0.346. The van der Waals surface area contributed by atoms with Gasteiger partial charge in [0.15, 0.2) is 0 Å². The van der Waals surface area contributed by atoms with Crippen LogP contribution in [0.3, 0.4) is 0 Å². The number of hydrogen-bond donors (Lipinski definition) is 0. The van der Waals surface area contributed by atoms with Crippen molar-refractivity contribution in [1.29, 1.82) is 0 Å². The molecule has 8 heteroatoms. The van der Waals surface area contributed by atoms with E-state index < -0.39 is 21.9 Å². The van der Waals surface area contributed by atoms with Crippen LogP contribution in [0.4, 0.5) is 4.39 Å². The highest BCUT2D eigenvalue weighted by Gasteiger charge is 2.38. The molecular weight excluding hydrogens is 421 g/mol. The standard InChI is InChI=1S/C20H17ClFNO3S2/c1-26-14-4-2-13(3-5-14)20-16-9-11-27-19(16)8-10-23(20)28(24,25)15-6-7-18(22)17(21)12-15/h2-7,9,11-12,20H,8,10H2,1H3/t20-/m0/s1. The van der Waals surface area contributed by atoms with Crippen molar-refractivity contribution in [2.45, 2.75) is 17.4 Å². The minimum atomic E-state index is -3.88. The van der Waals surface area contributed by atoms with E-state index in [-0.39, 0.29) is 9.92 Å². The average molecular weight is 438 g/mol. The summed E-state index contributed by atoms with van der Waals surface area (Å²) in [5.41, 5.74) is 1.81. The minimum Gasteiger partial charge on any atom is -0.497 e. The van der Waals surface area contributed by atoms with Crippen LogP contribution in [-0.2, 0) is 16.4 Å². The van der Waals surface area contributed by atoms with Crippen molar-refractivity contribution in [3.63, 3.8) is 0 Å². The van der Waals surface area contributed by atoms with Crippen LogP contribution in [0.5, 0.6) is 5.75 Å². The summed E-state index contributed by atoms with van der Waals surface area (Å²) in [5, 5.41) is 1.77. The van der Waals surface area contributed by atoms with Gasteiger partial charge in [0.1, 0.15) is 11.6 Å². The van der Waals surface area contributed by atoms with Crippen LogP contribution in [0.2, 0.25) is 5.02 Å². The molecule has 0 N–H and O–H groups in total. The number of ether oxygens (including phenoxy) is 1. The molecule has 0 unspecified atom stereocenters. The summed E-state index contributed by atoms with van der Waals surface area (Å²) in [6.45, 7) is 0.335. The smallest absolute Gasteiger partial charge is 0.244 e. The third-order valence-electron chi connectivity index (χ3n) is 4.85. The van der Waals surface area contributed by atoms with E-state index in [1.54, 1.807) is 18.4 Å². The number of nitrogens with zero attached hydrogens (tertiary/aromatic N) is 1. The van der Waals surface area contributed by atoms with E-state index in [2.05, 4.69) is 0 Å². The number of methoxy groups -OCH3 is 1. The molecule has 2 aromatic carbocycles. The van der Waals surface area contributed by atoms with Crippen molar-refractivity contribution >= 4 is 33.0 Å². The zero-order valence-corrected chi connectivity index (χ0v) is 17.3. The van der Waals surface area contributed by atoms with Crippen molar-refractivity contribution in [1.82, 2.24) is 4.31 Å². The fourth-order valence-electron chi connectivity index (χ4n) is 3.46. The van der Waals surface area contributed by atoms with Crippen molar-refractivity contribution < 1.29 is 17.5 Å².